The van der Waals surface area contributed by atoms with Gasteiger partial charge in [-0.1, -0.05) is 0 Å². The van der Waals surface area contributed by atoms with Crippen LogP contribution in [-0.4, -0.2) is 27.3 Å². The van der Waals surface area contributed by atoms with Crippen molar-refractivity contribution in [1.29, 1.82) is 0 Å². The molecule has 5 N–H and O–H groups in total. The number of nitrogen functional groups attached to an aromatic ring is 1. The molecule has 1 aromatic heterocycles. The number of nitrogens with two attached hydrogens (primary N) is 1. The van der Waals surface area contributed by atoms with Gasteiger partial charge in [0.2, 0.25) is 0 Å². The molecule has 0 saturated heterocycles. The highest BCUT2D eigenvalue weighted by molar-refractivity contribution is 5.95. The maximum absolute atomic E-state index is 11.9. The number of hydrazine groups is 1. The van der Waals surface area contributed by atoms with Crippen molar-refractivity contribution in [2.24, 2.45) is 5.84 Å². The molecule has 21 heavy (non-hydrogen) atoms. The van der Waals surface area contributed by atoms with Crippen LogP contribution in [0.4, 0.5) is 11.4 Å². The smallest absolute Gasteiger partial charge is 0.294 e. The molecule has 0 aliphatic rings. The van der Waals surface area contributed by atoms with E-state index in [0.29, 0.717) is 13.0 Å². The van der Waals surface area contributed by atoms with E-state index >= 15 is 0 Å². The van der Waals surface area contributed by atoms with E-state index in [9.17, 15) is 14.9 Å². The number of nitrogens with zero attached hydrogens (tertiary/aromatic N) is 2. The minimum atomic E-state index is -0.601. The van der Waals surface area contributed by atoms with Crippen molar-refractivity contribution < 1.29 is 9.72 Å². The highest BCUT2D eigenvalue weighted by Gasteiger charge is 2.16. The molecule has 0 aliphatic heterocycles. The van der Waals surface area contributed by atoms with Crippen molar-refractivity contribution in [2.45, 2.75) is 6.42 Å². The zero-order valence-electron chi connectivity index (χ0n) is 11.0. The predicted octanol–water partition coefficient (Wildman–Crippen LogP) is 0.576. The number of carbonyl (C=O) groups is 1. The second-order valence-electron chi connectivity index (χ2n) is 4.22. The number of nitro benzene ring substituents is 1. The molecule has 1 aromatic carbocycles. The second kappa shape index (κ2) is 6.48. The van der Waals surface area contributed by atoms with Crippen molar-refractivity contribution in [3.8, 4) is 0 Å². The standard InChI is InChI=1S/C12H14N6O3/c13-17-10-2-1-8(5-11(10)18(20)21)12(19)15-4-3-9-6-14-7-16-9/h1-2,5-7,17H,3-4,13H2,(H,14,16)(H,15,19). The highest BCUT2D eigenvalue weighted by atomic mass is 16.6. The minimum absolute atomic E-state index is 0.147. The summed E-state index contributed by atoms with van der Waals surface area (Å²) in [5.74, 6) is 4.80. The third-order valence-electron chi connectivity index (χ3n) is 2.85. The molecule has 1 heterocycles. The molecule has 0 atom stereocenters. The first-order valence-electron chi connectivity index (χ1n) is 6.12. The Kier molecular flexibility index (Phi) is 4.46. The minimum Gasteiger partial charge on any atom is -0.352 e. The molecule has 0 spiro atoms. The molecule has 0 saturated carbocycles. The van der Waals surface area contributed by atoms with Crippen LogP contribution in [0, 0.1) is 10.1 Å². The quantitative estimate of drug-likeness (QED) is 0.348. The fourth-order valence-electron chi connectivity index (χ4n) is 1.78. The van der Waals surface area contributed by atoms with Gasteiger partial charge in [0.05, 0.1) is 11.3 Å². The Morgan fingerprint density at radius 3 is 2.90 bits per heavy atom. The van der Waals surface area contributed by atoms with Crippen LogP contribution >= 0.6 is 0 Å². The summed E-state index contributed by atoms with van der Waals surface area (Å²) in [5.41, 5.74) is 3.21. The summed E-state index contributed by atoms with van der Waals surface area (Å²) in [6.45, 7) is 0.395. The third-order valence-corrected chi connectivity index (χ3v) is 2.85. The lowest BCUT2D eigenvalue weighted by atomic mass is 10.1. The summed E-state index contributed by atoms with van der Waals surface area (Å²) in [4.78, 5) is 29.0. The van der Waals surface area contributed by atoms with Gasteiger partial charge >= 0.3 is 0 Å². The SMILES string of the molecule is NNc1ccc(C(=O)NCCc2cnc[nH]2)cc1[N+](=O)[O-]. The lowest BCUT2D eigenvalue weighted by Crippen LogP contribution is -2.26. The second-order valence-corrected chi connectivity index (χ2v) is 4.22. The van der Waals surface area contributed by atoms with Crippen LogP contribution in [0.2, 0.25) is 0 Å². The average Bonchev–Trinajstić information content (AvgIpc) is 2.99. The molecule has 0 unspecified atom stereocenters. The number of nitro groups is 1. The van der Waals surface area contributed by atoms with E-state index in [2.05, 4.69) is 20.7 Å². The maximum atomic E-state index is 11.9. The van der Waals surface area contributed by atoms with Gasteiger partial charge in [-0.15, -0.1) is 0 Å². The van der Waals surface area contributed by atoms with E-state index in [1.165, 1.54) is 18.2 Å². The highest BCUT2D eigenvalue weighted by Crippen LogP contribution is 2.24. The van der Waals surface area contributed by atoms with E-state index in [1.54, 1.807) is 12.5 Å². The maximum Gasteiger partial charge on any atom is 0.294 e. The number of anilines is 1. The number of hydrogen-bond acceptors (Lipinski definition) is 6. The van der Waals surface area contributed by atoms with Gasteiger partial charge in [0.1, 0.15) is 5.69 Å². The predicted molar refractivity (Wildman–Crippen MR) is 75.5 cm³/mol. The van der Waals surface area contributed by atoms with Crippen LogP contribution in [0.3, 0.4) is 0 Å². The fourth-order valence-corrected chi connectivity index (χ4v) is 1.78. The number of nitrogens with one attached hydrogen (secondary N) is 3. The van der Waals surface area contributed by atoms with Gasteiger partial charge < -0.3 is 15.7 Å². The van der Waals surface area contributed by atoms with E-state index in [4.69, 9.17) is 5.84 Å². The number of aromatic amines is 1. The first-order valence-corrected chi connectivity index (χ1v) is 6.12. The Balaban J connectivity index is 2.01. The topological polar surface area (TPSA) is 139 Å². The Morgan fingerprint density at radius 2 is 2.29 bits per heavy atom. The Bertz CT molecular complexity index is 640. The van der Waals surface area contributed by atoms with Crippen molar-refractivity contribution in [2.75, 3.05) is 12.0 Å². The van der Waals surface area contributed by atoms with E-state index in [1.807, 2.05) is 0 Å². The van der Waals surface area contributed by atoms with E-state index in [0.717, 1.165) is 5.69 Å². The number of benzene rings is 1. The van der Waals surface area contributed by atoms with Crippen molar-refractivity contribution in [3.63, 3.8) is 0 Å². The molecule has 2 rings (SSSR count). The molecular weight excluding hydrogens is 276 g/mol. The van der Waals surface area contributed by atoms with Gasteiger partial charge in [-0.2, -0.15) is 0 Å². The van der Waals surface area contributed by atoms with Crippen LogP contribution in [-0.2, 0) is 6.42 Å². The zero-order valence-corrected chi connectivity index (χ0v) is 11.0. The van der Waals surface area contributed by atoms with E-state index < -0.39 is 4.92 Å². The summed E-state index contributed by atoms with van der Waals surface area (Å²) in [6.07, 6.45) is 3.81. The van der Waals surface area contributed by atoms with Gasteiger partial charge in [0.15, 0.2) is 0 Å². The number of imidazole rings is 1. The number of H-pyrrole nitrogens is 1. The average molecular weight is 290 g/mol. The lowest BCUT2D eigenvalue weighted by Gasteiger charge is -2.06. The van der Waals surface area contributed by atoms with Crippen molar-refractivity contribution in [3.05, 3.63) is 52.1 Å². The molecule has 0 bridgehead atoms. The normalized spacial score (nSPS) is 10.1. The van der Waals surface area contributed by atoms with Gasteiger partial charge in [0, 0.05) is 36.5 Å². The van der Waals surface area contributed by atoms with Crippen molar-refractivity contribution in [1.82, 2.24) is 15.3 Å². The lowest BCUT2D eigenvalue weighted by molar-refractivity contribution is -0.384. The number of aromatic nitrogens is 2. The number of amides is 1. The molecule has 9 nitrogen and oxygen atoms in total. The Labute approximate surface area is 119 Å². The van der Waals surface area contributed by atoms with Gasteiger partial charge in [-0.25, -0.2) is 4.98 Å². The fraction of sp³-hybridized carbons (Fsp3) is 0.167. The third kappa shape index (κ3) is 3.54. The molecule has 0 aliphatic carbocycles. The molecule has 9 heteroatoms. The van der Waals surface area contributed by atoms with Crippen molar-refractivity contribution >= 4 is 17.3 Å². The van der Waals surface area contributed by atoms with Gasteiger partial charge in [-0.3, -0.25) is 20.8 Å². The first kappa shape index (κ1) is 14.5. The monoisotopic (exact) mass is 290 g/mol. The van der Waals surface area contributed by atoms with Gasteiger partial charge in [0.25, 0.3) is 11.6 Å². The van der Waals surface area contributed by atoms with Crippen LogP contribution in [0.15, 0.2) is 30.7 Å². The Hall–Kier alpha value is -2.94. The summed E-state index contributed by atoms with van der Waals surface area (Å²) >= 11 is 0. The number of rotatable bonds is 6. The molecular formula is C12H14N6O3. The van der Waals surface area contributed by atoms with Gasteiger partial charge in [-0.05, 0) is 12.1 Å². The van der Waals surface area contributed by atoms with Crippen LogP contribution in [0.5, 0.6) is 0 Å². The molecule has 1 amide bonds. The molecule has 0 fully saturated rings. The molecule has 2 aromatic rings. The summed E-state index contributed by atoms with van der Waals surface area (Å²) < 4.78 is 0. The number of carbonyl (C=O) groups excluding carboxylic acids is 1. The Morgan fingerprint density at radius 1 is 1.48 bits per heavy atom. The summed E-state index contributed by atoms with van der Waals surface area (Å²) in [7, 11) is 0. The van der Waals surface area contributed by atoms with Crippen LogP contribution < -0.4 is 16.6 Å². The molecule has 0 radical (unpaired) electrons. The van der Waals surface area contributed by atoms with Crippen LogP contribution in [0.25, 0.3) is 0 Å². The first-order chi connectivity index (χ1) is 10.1. The molecule has 110 valence electrons. The van der Waals surface area contributed by atoms with Crippen LogP contribution in [0.1, 0.15) is 16.1 Å². The van der Waals surface area contributed by atoms with E-state index in [-0.39, 0.29) is 22.8 Å². The zero-order chi connectivity index (χ0) is 15.2. The number of hydrogen-bond donors (Lipinski definition) is 4. The summed E-state index contributed by atoms with van der Waals surface area (Å²) in [6, 6.07) is 4.04. The summed E-state index contributed by atoms with van der Waals surface area (Å²) in [5, 5.41) is 13.6. The largest absolute Gasteiger partial charge is 0.352 e.